The molecule has 0 radical (unpaired) electrons. The van der Waals surface area contributed by atoms with Crippen LogP contribution < -0.4 is 10.6 Å². The van der Waals surface area contributed by atoms with E-state index in [1.54, 1.807) is 6.92 Å². The lowest BCUT2D eigenvalue weighted by atomic mass is 10.1. The number of benzene rings is 1. The Balaban J connectivity index is 1.76. The van der Waals surface area contributed by atoms with E-state index in [-0.39, 0.29) is 19.0 Å². The average Bonchev–Trinajstić information content (AvgIpc) is 2.97. The maximum atomic E-state index is 12.6. The minimum atomic E-state index is -4.42. The molecular formula is C17H21F6N3O. The number of carbonyl (C=O) groups excluding carboxylic acids is 1. The third-order valence-electron chi connectivity index (χ3n) is 4.41. The number of rotatable bonds is 5. The minimum absolute atomic E-state index is 0.0699. The summed E-state index contributed by atoms with van der Waals surface area (Å²) in [6.45, 7) is 1.49. The molecule has 10 heteroatoms. The van der Waals surface area contributed by atoms with Crippen molar-refractivity contribution >= 4 is 6.03 Å². The van der Waals surface area contributed by atoms with Crippen molar-refractivity contribution in [1.82, 2.24) is 15.5 Å². The summed E-state index contributed by atoms with van der Waals surface area (Å²) in [6, 6.07) is 3.44. The van der Waals surface area contributed by atoms with E-state index in [4.69, 9.17) is 0 Å². The highest BCUT2D eigenvalue weighted by molar-refractivity contribution is 5.74. The summed E-state index contributed by atoms with van der Waals surface area (Å²) >= 11 is 0. The molecule has 1 aliphatic rings. The second kappa shape index (κ2) is 8.37. The molecule has 1 aromatic rings. The second-order valence-corrected chi connectivity index (χ2v) is 6.70. The van der Waals surface area contributed by atoms with Crippen LogP contribution in [-0.4, -0.2) is 43.3 Å². The Morgan fingerprint density at radius 3 is 2.37 bits per heavy atom. The number of carbonyl (C=O) groups is 1. The van der Waals surface area contributed by atoms with Crippen LogP contribution in [-0.2, 0) is 6.18 Å². The molecule has 0 bridgehead atoms. The standard InChI is InChI=1S/C17H21F6N3O/c1-11(13-2-4-14(5-3-13)17(21,22)23)25-15(27)24-8-12-6-7-26(9-12)10-16(18,19)20/h2-5,11-12H,6-10H2,1H3,(H2,24,25,27)/t11-,12-/m1/s1. The lowest BCUT2D eigenvalue weighted by Crippen LogP contribution is -2.40. The molecule has 0 aromatic heterocycles. The van der Waals surface area contributed by atoms with Crippen molar-refractivity contribution in [2.45, 2.75) is 31.7 Å². The van der Waals surface area contributed by atoms with Crippen LogP contribution in [0.1, 0.15) is 30.5 Å². The Bertz CT molecular complexity index is 629. The van der Waals surface area contributed by atoms with Crippen molar-refractivity contribution in [2.75, 3.05) is 26.2 Å². The van der Waals surface area contributed by atoms with Gasteiger partial charge in [-0.05, 0) is 43.5 Å². The van der Waals surface area contributed by atoms with Crippen LogP contribution in [0.3, 0.4) is 0 Å². The van der Waals surface area contributed by atoms with Gasteiger partial charge < -0.3 is 10.6 Å². The number of nitrogens with zero attached hydrogens (tertiary/aromatic N) is 1. The van der Waals surface area contributed by atoms with Gasteiger partial charge in [0, 0.05) is 13.1 Å². The van der Waals surface area contributed by atoms with Gasteiger partial charge in [-0.15, -0.1) is 0 Å². The Hall–Kier alpha value is -1.97. The van der Waals surface area contributed by atoms with Gasteiger partial charge in [0.25, 0.3) is 0 Å². The summed E-state index contributed by atoms with van der Waals surface area (Å²) in [5.74, 6) is -0.0699. The van der Waals surface area contributed by atoms with Gasteiger partial charge in [0.15, 0.2) is 0 Å². The summed E-state index contributed by atoms with van der Waals surface area (Å²) in [4.78, 5) is 13.2. The Labute approximate surface area is 152 Å². The first-order chi connectivity index (χ1) is 12.4. The van der Waals surface area contributed by atoms with Crippen molar-refractivity contribution in [3.63, 3.8) is 0 Å². The largest absolute Gasteiger partial charge is 0.416 e. The van der Waals surface area contributed by atoms with E-state index in [9.17, 15) is 31.1 Å². The van der Waals surface area contributed by atoms with Gasteiger partial charge in [0.2, 0.25) is 0 Å². The predicted molar refractivity (Wildman–Crippen MR) is 87.0 cm³/mol. The highest BCUT2D eigenvalue weighted by atomic mass is 19.4. The van der Waals surface area contributed by atoms with Crippen molar-refractivity contribution < 1.29 is 31.1 Å². The van der Waals surface area contributed by atoms with Gasteiger partial charge >= 0.3 is 18.4 Å². The van der Waals surface area contributed by atoms with Crippen molar-refractivity contribution in [3.8, 4) is 0 Å². The zero-order valence-electron chi connectivity index (χ0n) is 14.6. The normalized spacial score (nSPS) is 19.7. The lowest BCUT2D eigenvalue weighted by molar-refractivity contribution is -0.143. The number of hydrogen-bond acceptors (Lipinski definition) is 2. The number of halogens is 6. The molecule has 0 aliphatic carbocycles. The highest BCUT2D eigenvalue weighted by Crippen LogP contribution is 2.30. The van der Waals surface area contributed by atoms with E-state index in [1.165, 1.54) is 17.0 Å². The predicted octanol–water partition coefficient (Wildman–Crippen LogP) is 3.95. The maximum absolute atomic E-state index is 12.6. The average molecular weight is 397 g/mol. The third-order valence-corrected chi connectivity index (χ3v) is 4.41. The number of alkyl halides is 6. The van der Waals surface area contributed by atoms with Gasteiger partial charge in [-0.25, -0.2) is 4.79 Å². The molecule has 2 N–H and O–H groups in total. The topological polar surface area (TPSA) is 44.4 Å². The van der Waals surface area contributed by atoms with E-state index in [0.717, 1.165) is 12.1 Å². The van der Waals surface area contributed by atoms with E-state index in [2.05, 4.69) is 10.6 Å². The lowest BCUT2D eigenvalue weighted by Gasteiger charge is -2.19. The first-order valence-electron chi connectivity index (χ1n) is 8.44. The summed E-state index contributed by atoms with van der Waals surface area (Å²) in [7, 11) is 0. The van der Waals surface area contributed by atoms with E-state index >= 15 is 0 Å². The zero-order chi connectivity index (χ0) is 20.2. The van der Waals surface area contributed by atoms with Crippen LogP contribution >= 0.6 is 0 Å². The highest BCUT2D eigenvalue weighted by Gasteiger charge is 2.34. The molecular weight excluding hydrogens is 376 g/mol. The van der Waals surface area contributed by atoms with E-state index < -0.39 is 36.5 Å². The molecule has 2 atom stereocenters. The fourth-order valence-electron chi connectivity index (χ4n) is 3.01. The van der Waals surface area contributed by atoms with Crippen LogP contribution in [0.2, 0.25) is 0 Å². The Kier molecular flexibility index (Phi) is 6.61. The minimum Gasteiger partial charge on any atom is -0.338 e. The molecule has 1 heterocycles. The van der Waals surface area contributed by atoms with Crippen LogP contribution in [0.25, 0.3) is 0 Å². The SMILES string of the molecule is C[C@@H](NC(=O)NC[C@H]1CCN(CC(F)(F)F)C1)c1ccc(C(F)(F)F)cc1. The van der Waals surface area contributed by atoms with E-state index in [1.807, 2.05) is 0 Å². The fraction of sp³-hybridized carbons (Fsp3) is 0.588. The summed E-state index contributed by atoms with van der Waals surface area (Å²) in [5.41, 5.74) is -0.261. The molecule has 0 saturated carbocycles. The van der Waals surface area contributed by atoms with Crippen molar-refractivity contribution in [2.24, 2.45) is 5.92 Å². The summed E-state index contributed by atoms with van der Waals surface area (Å²) < 4.78 is 74.7. The molecule has 0 spiro atoms. The van der Waals surface area contributed by atoms with Crippen molar-refractivity contribution in [3.05, 3.63) is 35.4 Å². The summed E-state index contributed by atoms with van der Waals surface area (Å²) in [5, 5.41) is 5.21. The van der Waals surface area contributed by atoms with Gasteiger partial charge in [0.05, 0.1) is 18.2 Å². The number of hydrogen-bond donors (Lipinski definition) is 2. The fourth-order valence-corrected chi connectivity index (χ4v) is 3.01. The number of amides is 2. The maximum Gasteiger partial charge on any atom is 0.416 e. The van der Waals surface area contributed by atoms with Gasteiger partial charge in [0.1, 0.15) is 0 Å². The van der Waals surface area contributed by atoms with Gasteiger partial charge in [-0.3, -0.25) is 4.90 Å². The molecule has 4 nitrogen and oxygen atoms in total. The number of urea groups is 1. The molecule has 1 saturated heterocycles. The van der Waals surface area contributed by atoms with Crippen LogP contribution in [0.5, 0.6) is 0 Å². The molecule has 2 amide bonds. The zero-order valence-corrected chi connectivity index (χ0v) is 14.6. The molecule has 1 aromatic carbocycles. The number of nitrogens with one attached hydrogen (secondary N) is 2. The first-order valence-corrected chi connectivity index (χ1v) is 8.44. The van der Waals surface area contributed by atoms with Crippen LogP contribution in [0, 0.1) is 5.92 Å². The van der Waals surface area contributed by atoms with Crippen LogP contribution in [0.4, 0.5) is 31.1 Å². The Morgan fingerprint density at radius 2 is 1.81 bits per heavy atom. The Morgan fingerprint density at radius 1 is 1.19 bits per heavy atom. The van der Waals surface area contributed by atoms with Gasteiger partial charge in [-0.1, -0.05) is 12.1 Å². The van der Waals surface area contributed by atoms with E-state index in [0.29, 0.717) is 18.5 Å². The smallest absolute Gasteiger partial charge is 0.338 e. The monoisotopic (exact) mass is 397 g/mol. The second-order valence-electron chi connectivity index (χ2n) is 6.70. The molecule has 152 valence electrons. The molecule has 1 fully saturated rings. The molecule has 27 heavy (non-hydrogen) atoms. The molecule has 1 aliphatic heterocycles. The first kappa shape index (κ1) is 21.3. The van der Waals surface area contributed by atoms with Gasteiger partial charge in [-0.2, -0.15) is 26.3 Å². The quantitative estimate of drug-likeness (QED) is 0.739. The van der Waals surface area contributed by atoms with Crippen LogP contribution in [0.15, 0.2) is 24.3 Å². The molecule has 0 unspecified atom stereocenters. The third kappa shape index (κ3) is 6.93. The van der Waals surface area contributed by atoms with Crippen molar-refractivity contribution in [1.29, 1.82) is 0 Å². The molecule has 2 rings (SSSR count). The number of likely N-dealkylation sites (tertiary alicyclic amines) is 1. The summed E-state index contributed by atoms with van der Waals surface area (Å²) in [6.07, 6.45) is -8.10.